The maximum atomic E-state index is 11.6. The topological polar surface area (TPSA) is 56.0 Å². The number of ketones is 1. The van der Waals surface area contributed by atoms with Crippen molar-refractivity contribution < 1.29 is 4.79 Å². The number of thiazole rings is 1. The van der Waals surface area contributed by atoms with Gasteiger partial charge in [0, 0.05) is 4.88 Å². The van der Waals surface area contributed by atoms with Gasteiger partial charge >= 0.3 is 0 Å². The molecule has 1 aromatic rings. The predicted octanol–water partition coefficient (Wildman–Crippen LogP) is 1.68. The molecule has 13 heavy (non-hydrogen) atoms. The van der Waals surface area contributed by atoms with Crippen LogP contribution in [0, 0.1) is 13.8 Å². The van der Waals surface area contributed by atoms with E-state index in [1.165, 1.54) is 11.3 Å². The smallest absolute Gasteiger partial charge is 0.198 e. The number of carbonyl (C=O) groups excluding carboxylic acids is 1. The summed E-state index contributed by atoms with van der Waals surface area (Å²) in [6, 6.07) is -0.403. The molecule has 1 heterocycles. The first-order valence-electron chi connectivity index (χ1n) is 4.30. The number of hydrogen-bond acceptors (Lipinski definition) is 4. The summed E-state index contributed by atoms with van der Waals surface area (Å²) in [4.78, 5) is 16.8. The molecule has 2 N–H and O–H groups in total. The zero-order valence-corrected chi connectivity index (χ0v) is 8.94. The fourth-order valence-corrected chi connectivity index (χ4v) is 1.94. The summed E-state index contributed by atoms with van der Waals surface area (Å²) in [6.07, 6.45) is 0.662. The lowest BCUT2D eigenvalue weighted by Crippen LogP contribution is -2.30. The summed E-state index contributed by atoms with van der Waals surface area (Å²) < 4.78 is 0. The van der Waals surface area contributed by atoms with Crippen molar-refractivity contribution in [1.29, 1.82) is 0 Å². The monoisotopic (exact) mass is 198 g/mol. The molecule has 0 amide bonds. The van der Waals surface area contributed by atoms with E-state index >= 15 is 0 Å². The minimum Gasteiger partial charge on any atom is -0.321 e. The SMILES string of the molecule is CCC(N)C(=O)c1nc(C)sc1C. The van der Waals surface area contributed by atoms with Crippen molar-refractivity contribution in [3.05, 3.63) is 15.6 Å². The standard InChI is InChI=1S/C9H14N2OS/c1-4-7(10)9(12)8-5(2)13-6(3)11-8/h7H,4,10H2,1-3H3. The van der Waals surface area contributed by atoms with Gasteiger partial charge in [-0.2, -0.15) is 0 Å². The number of aryl methyl sites for hydroxylation is 2. The van der Waals surface area contributed by atoms with Gasteiger partial charge in [-0.25, -0.2) is 4.98 Å². The number of carbonyl (C=O) groups is 1. The normalized spacial score (nSPS) is 12.9. The van der Waals surface area contributed by atoms with Crippen molar-refractivity contribution in [2.45, 2.75) is 33.2 Å². The average Bonchev–Trinajstić information content (AvgIpc) is 2.42. The van der Waals surface area contributed by atoms with Gasteiger partial charge in [-0.15, -0.1) is 11.3 Å². The molecule has 3 nitrogen and oxygen atoms in total. The number of hydrogen-bond donors (Lipinski definition) is 1. The van der Waals surface area contributed by atoms with Crippen molar-refractivity contribution in [2.24, 2.45) is 5.73 Å². The molecule has 0 spiro atoms. The minimum absolute atomic E-state index is 0.0376. The van der Waals surface area contributed by atoms with Crippen LogP contribution in [0.3, 0.4) is 0 Å². The van der Waals surface area contributed by atoms with Crippen molar-refractivity contribution in [1.82, 2.24) is 4.98 Å². The van der Waals surface area contributed by atoms with Crippen molar-refractivity contribution in [3.63, 3.8) is 0 Å². The van der Waals surface area contributed by atoms with Gasteiger partial charge < -0.3 is 5.73 Å². The van der Waals surface area contributed by atoms with E-state index in [-0.39, 0.29) is 5.78 Å². The Balaban J connectivity index is 2.94. The van der Waals surface area contributed by atoms with Gasteiger partial charge in [-0.1, -0.05) is 6.92 Å². The average molecular weight is 198 g/mol. The highest BCUT2D eigenvalue weighted by Crippen LogP contribution is 2.17. The zero-order valence-electron chi connectivity index (χ0n) is 8.13. The Labute approximate surface area is 82.0 Å². The molecule has 0 aliphatic carbocycles. The van der Waals surface area contributed by atoms with Crippen LogP contribution in [-0.2, 0) is 0 Å². The molecule has 0 aliphatic rings. The van der Waals surface area contributed by atoms with Gasteiger partial charge in [0.05, 0.1) is 11.0 Å². The lowest BCUT2D eigenvalue weighted by molar-refractivity contribution is 0.0954. The minimum atomic E-state index is -0.403. The number of nitrogens with two attached hydrogens (primary N) is 1. The molecular weight excluding hydrogens is 184 g/mol. The number of rotatable bonds is 3. The second kappa shape index (κ2) is 3.98. The van der Waals surface area contributed by atoms with E-state index in [4.69, 9.17) is 5.73 Å². The Morgan fingerprint density at radius 3 is 2.62 bits per heavy atom. The van der Waals surface area contributed by atoms with Crippen molar-refractivity contribution in [2.75, 3.05) is 0 Å². The Hall–Kier alpha value is -0.740. The fraction of sp³-hybridized carbons (Fsp3) is 0.556. The first-order valence-corrected chi connectivity index (χ1v) is 5.11. The van der Waals surface area contributed by atoms with Crippen LogP contribution in [0.4, 0.5) is 0 Å². The van der Waals surface area contributed by atoms with Crippen LogP contribution in [0.1, 0.15) is 33.7 Å². The summed E-state index contributed by atoms with van der Waals surface area (Å²) in [6.45, 7) is 5.70. The van der Waals surface area contributed by atoms with E-state index in [2.05, 4.69) is 4.98 Å². The number of aromatic nitrogens is 1. The molecule has 4 heteroatoms. The first kappa shape index (κ1) is 10.3. The highest BCUT2D eigenvalue weighted by atomic mass is 32.1. The number of Topliss-reactive ketones (excluding diaryl/α,β-unsaturated/α-hetero) is 1. The Morgan fingerprint density at radius 1 is 1.62 bits per heavy atom. The van der Waals surface area contributed by atoms with Crippen LogP contribution >= 0.6 is 11.3 Å². The van der Waals surface area contributed by atoms with E-state index in [9.17, 15) is 4.79 Å². The molecular formula is C9H14N2OS. The maximum Gasteiger partial charge on any atom is 0.198 e. The van der Waals surface area contributed by atoms with E-state index in [0.29, 0.717) is 12.1 Å². The molecule has 0 fully saturated rings. The molecule has 1 rings (SSSR count). The van der Waals surface area contributed by atoms with E-state index in [1.54, 1.807) is 0 Å². The molecule has 0 bridgehead atoms. The molecule has 1 unspecified atom stereocenters. The molecule has 1 aromatic heterocycles. The first-order chi connectivity index (χ1) is 6.06. The van der Waals surface area contributed by atoms with Gasteiger partial charge in [-0.05, 0) is 20.3 Å². The third kappa shape index (κ3) is 2.14. The molecule has 0 saturated carbocycles. The van der Waals surface area contributed by atoms with Crippen molar-refractivity contribution in [3.8, 4) is 0 Å². The molecule has 1 atom stereocenters. The second-order valence-corrected chi connectivity index (χ2v) is 4.42. The Morgan fingerprint density at radius 2 is 2.23 bits per heavy atom. The molecule has 0 radical (unpaired) electrons. The van der Waals surface area contributed by atoms with Crippen LogP contribution in [0.15, 0.2) is 0 Å². The van der Waals surface area contributed by atoms with Crippen molar-refractivity contribution >= 4 is 17.1 Å². The highest BCUT2D eigenvalue weighted by molar-refractivity contribution is 7.11. The molecule has 0 saturated heterocycles. The van der Waals surface area contributed by atoms with Crippen LogP contribution in [0.5, 0.6) is 0 Å². The quantitative estimate of drug-likeness (QED) is 0.752. The zero-order chi connectivity index (χ0) is 10.0. The summed E-state index contributed by atoms with van der Waals surface area (Å²) in [5.41, 5.74) is 6.19. The summed E-state index contributed by atoms with van der Waals surface area (Å²) >= 11 is 1.54. The lowest BCUT2D eigenvalue weighted by Gasteiger charge is -2.04. The summed E-state index contributed by atoms with van der Waals surface area (Å²) in [5, 5.41) is 0.921. The van der Waals surface area contributed by atoms with Gasteiger partial charge in [0.25, 0.3) is 0 Å². The lowest BCUT2D eigenvalue weighted by atomic mass is 10.1. The maximum absolute atomic E-state index is 11.6. The van der Waals surface area contributed by atoms with Crippen LogP contribution in [0.2, 0.25) is 0 Å². The highest BCUT2D eigenvalue weighted by Gasteiger charge is 2.19. The molecule has 0 aliphatic heterocycles. The van der Waals surface area contributed by atoms with E-state index < -0.39 is 6.04 Å². The largest absolute Gasteiger partial charge is 0.321 e. The number of nitrogens with zero attached hydrogens (tertiary/aromatic N) is 1. The summed E-state index contributed by atoms with van der Waals surface area (Å²) in [5.74, 6) is -0.0376. The fourth-order valence-electron chi connectivity index (χ4n) is 1.12. The molecule has 0 aromatic carbocycles. The van der Waals surface area contributed by atoms with Gasteiger partial charge in [0.1, 0.15) is 5.69 Å². The Kier molecular flexibility index (Phi) is 3.17. The van der Waals surface area contributed by atoms with Crippen LogP contribution < -0.4 is 5.73 Å². The van der Waals surface area contributed by atoms with E-state index in [0.717, 1.165) is 9.88 Å². The van der Waals surface area contributed by atoms with Gasteiger partial charge in [0.15, 0.2) is 5.78 Å². The molecule has 72 valence electrons. The predicted molar refractivity (Wildman–Crippen MR) is 54.2 cm³/mol. The van der Waals surface area contributed by atoms with E-state index in [1.807, 2.05) is 20.8 Å². The van der Waals surface area contributed by atoms with Crippen LogP contribution in [0.25, 0.3) is 0 Å². The van der Waals surface area contributed by atoms with Crippen LogP contribution in [-0.4, -0.2) is 16.8 Å². The third-order valence-electron chi connectivity index (χ3n) is 1.91. The second-order valence-electron chi connectivity index (χ2n) is 3.02. The van der Waals surface area contributed by atoms with Gasteiger partial charge in [-0.3, -0.25) is 4.79 Å². The van der Waals surface area contributed by atoms with Gasteiger partial charge in [0.2, 0.25) is 0 Å². The summed E-state index contributed by atoms with van der Waals surface area (Å²) in [7, 11) is 0. The Bertz CT molecular complexity index is 319. The third-order valence-corrected chi connectivity index (χ3v) is 2.80.